The van der Waals surface area contributed by atoms with Crippen molar-refractivity contribution in [3.63, 3.8) is 0 Å². The van der Waals surface area contributed by atoms with Crippen molar-refractivity contribution in [3.8, 4) is 28.6 Å². The molecule has 1 aliphatic rings. The number of aromatic amines is 1. The quantitative estimate of drug-likeness (QED) is 0.628. The van der Waals surface area contributed by atoms with Crippen LogP contribution in [0.1, 0.15) is 12.8 Å². The number of aromatic nitrogens is 2. The molecule has 0 unspecified atom stereocenters. The van der Waals surface area contributed by atoms with Gasteiger partial charge in [-0.05, 0) is 45.1 Å². The molecule has 8 heteroatoms. The Kier molecular flexibility index (Phi) is 5.99. The second-order valence-electron chi connectivity index (χ2n) is 7.77. The van der Waals surface area contributed by atoms with Crippen LogP contribution >= 0.6 is 0 Å². The molecule has 0 atom stereocenters. The van der Waals surface area contributed by atoms with Crippen molar-refractivity contribution in [3.05, 3.63) is 40.7 Å². The topological polar surface area (TPSA) is 88.7 Å². The van der Waals surface area contributed by atoms with E-state index in [0.29, 0.717) is 34.3 Å². The summed E-state index contributed by atoms with van der Waals surface area (Å²) in [5.74, 6) is 2.22. The summed E-state index contributed by atoms with van der Waals surface area (Å²) in [6.45, 7) is 2.09. The first-order chi connectivity index (χ1) is 15.0. The molecular weight excluding hydrogens is 396 g/mol. The Morgan fingerprint density at radius 1 is 1.03 bits per heavy atom. The van der Waals surface area contributed by atoms with Crippen molar-refractivity contribution in [2.75, 3.05) is 46.8 Å². The first kappa shape index (κ1) is 21.0. The molecule has 1 aromatic heterocycles. The SMILES string of the molecule is COc1ccc(-c2nc3cc(OC)cc(OC)c3c(=O)[nH]2)c(NC2CCN(C)CC2)c1. The number of methoxy groups -OCH3 is 3. The van der Waals surface area contributed by atoms with Gasteiger partial charge in [0.25, 0.3) is 5.56 Å². The second-order valence-corrected chi connectivity index (χ2v) is 7.77. The van der Waals surface area contributed by atoms with E-state index >= 15 is 0 Å². The first-order valence-corrected chi connectivity index (χ1v) is 10.3. The monoisotopic (exact) mass is 424 g/mol. The second kappa shape index (κ2) is 8.85. The highest BCUT2D eigenvalue weighted by atomic mass is 16.5. The minimum absolute atomic E-state index is 0.263. The molecule has 0 saturated carbocycles. The molecule has 1 aliphatic heterocycles. The number of hydrogen-bond acceptors (Lipinski definition) is 7. The highest BCUT2D eigenvalue weighted by Crippen LogP contribution is 2.33. The fourth-order valence-electron chi connectivity index (χ4n) is 3.97. The third-order valence-corrected chi connectivity index (χ3v) is 5.76. The maximum Gasteiger partial charge on any atom is 0.262 e. The van der Waals surface area contributed by atoms with E-state index < -0.39 is 0 Å². The zero-order valence-electron chi connectivity index (χ0n) is 18.3. The third-order valence-electron chi connectivity index (χ3n) is 5.76. The van der Waals surface area contributed by atoms with Crippen LogP contribution < -0.4 is 25.1 Å². The van der Waals surface area contributed by atoms with E-state index in [4.69, 9.17) is 19.2 Å². The van der Waals surface area contributed by atoms with Gasteiger partial charge in [0.1, 0.15) is 28.5 Å². The van der Waals surface area contributed by atoms with Crippen LogP contribution in [0.4, 0.5) is 5.69 Å². The predicted octanol–water partition coefficient (Wildman–Crippen LogP) is 3.12. The molecule has 2 N–H and O–H groups in total. The molecule has 0 radical (unpaired) electrons. The molecule has 31 heavy (non-hydrogen) atoms. The van der Waals surface area contributed by atoms with Crippen LogP contribution in [-0.2, 0) is 0 Å². The highest BCUT2D eigenvalue weighted by molar-refractivity contribution is 5.88. The molecular formula is C23H28N4O4. The molecule has 0 amide bonds. The van der Waals surface area contributed by atoms with Crippen LogP contribution in [0.2, 0.25) is 0 Å². The number of likely N-dealkylation sites (tertiary alicyclic amines) is 1. The summed E-state index contributed by atoms with van der Waals surface area (Å²) in [5.41, 5.74) is 1.93. The number of hydrogen-bond donors (Lipinski definition) is 2. The van der Waals surface area contributed by atoms with E-state index in [1.54, 1.807) is 26.4 Å². The maximum absolute atomic E-state index is 12.9. The molecule has 4 rings (SSSR count). The summed E-state index contributed by atoms with van der Waals surface area (Å²) >= 11 is 0. The van der Waals surface area contributed by atoms with Gasteiger partial charge in [-0.2, -0.15) is 0 Å². The van der Waals surface area contributed by atoms with Gasteiger partial charge in [0, 0.05) is 35.5 Å². The van der Waals surface area contributed by atoms with Crippen molar-refractivity contribution in [1.29, 1.82) is 0 Å². The third kappa shape index (κ3) is 4.29. The van der Waals surface area contributed by atoms with Crippen LogP contribution in [0, 0.1) is 0 Å². The van der Waals surface area contributed by atoms with Crippen molar-refractivity contribution >= 4 is 16.6 Å². The Morgan fingerprint density at radius 2 is 1.77 bits per heavy atom. The Balaban J connectivity index is 1.80. The number of benzene rings is 2. The van der Waals surface area contributed by atoms with Crippen LogP contribution in [0.15, 0.2) is 35.1 Å². The summed E-state index contributed by atoms with van der Waals surface area (Å²) in [6.07, 6.45) is 2.09. The molecule has 2 heterocycles. The molecule has 164 valence electrons. The zero-order chi connectivity index (χ0) is 22.0. The molecule has 0 bridgehead atoms. The number of nitrogens with one attached hydrogen (secondary N) is 2. The highest BCUT2D eigenvalue weighted by Gasteiger charge is 2.20. The average molecular weight is 425 g/mol. The number of H-pyrrole nitrogens is 1. The van der Waals surface area contributed by atoms with Gasteiger partial charge in [-0.25, -0.2) is 4.98 Å². The van der Waals surface area contributed by atoms with E-state index in [1.165, 1.54) is 7.11 Å². The smallest absolute Gasteiger partial charge is 0.262 e. The van der Waals surface area contributed by atoms with E-state index in [0.717, 1.165) is 42.9 Å². The van der Waals surface area contributed by atoms with E-state index in [2.05, 4.69) is 22.2 Å². The molecule has 0 spiro atoms. The molecule has 8 nitrogen and oxygen atoms in total. The lowest BCUT2D eigenvalue weighted by molar-refractivity contribution is 0.264. The minimum atomic E-state index is -0.263. The van der Waals surface area contributed by atoms with Gasteiger partial charge in [0.2, 0.25) is 0 Å². The Labute approximate surface area is 181 Å². The molecule has 1 fully saturated rings. The van der Waals surface area contributed by atoms with Gasteiger partial charge >= 0.3 is 0 Å². The molecule has 3 aromatic rings. The largest absolute Gasteiger partial charge is 0.497 e. The fraction of sp³-hybridized carbons (Fsp3) is 0.391. The maximum atomic E-state index is 12.9. The number of fused-ring (bicyclic) bond motifs is 1. The van der Waals surface area contributed by atoms with E-state index in [1.807, 2.05) is 18.2 Å². The van der Waals surface area contributed by atoms with Gasteiger partial charge in [-0.15, -0.1) is 0 Å². The Bertz CT molecular complexity index is 1140. The van der Waals surface area contributed by atoms with Crippen LogP contribution in [0.25, 0.3) is 22.3 Å². The Hall–Kier alpha value is -3.26. The Morgan fingerprint density at radius 3 is 2.45 bits per heavy atom. The van der Waals surface area contributed by atoms with Crippen LogP contribution in [-0.4, -0.2) is 62.4 Å². The van der Waals surface area contributed by atoms with Crippen molar-refractivity contribution in [2.45, 2.75) is 18.9 Å². The molecule has 1 saturated heterocycles. The van der Waals surface area contributed by atoms with Gasteiger partial charge in [0.05, 0.1) is 26.8 Å². The van der Waals surface area contributed by atoms with Crippen LogP contribution in [0.3, 0.4) is 0 Å². The molecule has 2 aromatic carbocycles. The van der Waals surface area contributed by atoms with Gasteiger partial charge in [-0.3, -0.25) is 4.79 Å². The zero-order valence-corrected chi connectivity index (χ0v) is 18.3. The lowest BCUT2D eigenvalue weighted by Crippen LogP contribution is -2.36. The van der Waals surface area contributed by atoms with Gasteiger partial charge < -0.3 is 29.4 Å². The number of rotatable bonds is 6. The first-order valence-electron chi connectivity index (χ1n) is 10.3. The normalized spacial score (nSPS) is 15.1. The van der Waals surface area contributed by atoms with Crippen molar-refractivity contribution in [1.82, 2.24) is 14.9 Å². The number of nitrogens with zero attached hydrogens (tertiary/aromatic N) is 2. The number of ether oxygens (including phenoxy) is 3. The molecule has 0 aliphatic carbocycles. The number of anilines is 1. The standard InChI is InChI=1S/C23H28N4O4/c1-27-9-7-14(8-10-27)24-18-11-15(29-2)5-6-17(18)22-25-19-12-16(30-3)13-20(31-4)21(19)23(28)26-22/h5-6,11-14,24H,7-10H2,1-4H3,(H,25,26,28). The van der Waals surface area contributed by atoms with Gasteiger partial charge in [-0.1, -0.05) is 0 Å². The van der Waals surface area contributed by atoms with Gasteiger partial charge in [0.15, 0.2) is 0 Å². The lowest BCUT2D eigenvalue weighted by Gasteiger charge is -2.30. The fourth-order valence-corrected chi connectivity index (χ4v) is 3.97. The minimum Gasteiger partial charge on any atom is -0.497 e. The summed E-state index contributed by atoms with van der Waals surface area (Å²) in [7, 11) is 6.87. The summed E-state index contributed by atoms with van der Waals surface area (Å²) < 4.78 is 16.2. The summed E-state index contributed by atoms with van der Waals surface area (Å²) in [5, 5.41) is 4.03. The number of piperidine rings is 1. The van der Waals surface area contributed by atoms with Crippen molar-refractivity contribution < 1.29 is 14.2 Å². The van der Waals surface area contributed by atoms with E-state index in [9.17, 15) is 4.79 Å². The predicted molar refractivity (Wildman–Crippen MR) is 122 cm³/mol. The van der Waals surface area contributed by atoms with Crippen LogP contribution in [0.5, 0.6) is 17.2 Å². The lowest BCUT2D eigenvalue weighted by atomic mass is 10.0. The van der Waals surface area contributed by atoms with E-state index in [-0.39, 0.29) is 5.56 Å². The average Bonchev–Trinajstić information content (AvgIpc) is 2.79. The summed E-state index contributed by atoms with van der Waals surface area (Å²) in [4.78, 5) is 22.9. The summed E-state index contributed by atoms with van der Waals surface area (Å²) in [6, 6.07) is 9.49. The van der Waals surface area contributed by atoms with Crippen molar-refractivity contribution in [2.24, 2.45) is 0 Å².